The molecule has 0 aromatic carbocycles. The number of nitrogens with two attached hydrogens (primary N) is 1. The van der Waals surface area contributed by atoms with Crippen LogP contribution in [0.2, 0.25) is 0 Å². The standard InChI is InChI=1S/C14H21BN2O2/c1-10-12(16)8-11(9-17-10)6-7-15-18-13(2,3)14(4,5)19-15/h6-9H,16H2,1-5H3/b7-6+. The van der Waals surface area contributed by atoms with E-state index in [1.165, 1.54) is 0 Å². The third kappa shape index (κ3) is 2.82. The number of aryl methyl sites for hydroxylation is 1. The Kier molecular flexibility index (Phi) is 3.45. The molecule has 0 radical (unpaired) electrons. The van der Waals surface area contributed by atoms with Gasteiger partial charge in [-0.2, -0.15) is 0 Å². The van der Waals surface area contributed by atoms with Gasteiger partial charge in [0.25, 0.3) is 0 Å². The van der Waals surface area contributed by atoms with Crippen LogP contribution in [0.5, 0.6) is 0 Å². The van der Waals surface area contributed by atoms with Gasteiger partial charge in [-0.15, -0.1) is 0 Å². The first-order valence-electron chi connectivity index (χ1n) is 6.47. The summed E-state index contributed by atoms with van der Waals surface area (Å²) in [7, 11) is -0.340. The Hall–Kier alpha value is -1.33. The molecule has 1 fully saturated rings. The summed E-state index contributed by atoms with van der Waals surface area (Å²) < 4.78 is 11.8. The molecule has 2 N–H and O–H groups in total. The van der Waals surface area contributed by atoms with Crippen LogP contribution in [0.4, 0.5) is 5.69 Å². The molecule has 1 aliphatic heterocycles. The van der Waals surface area contributed by atoms with E-state index in [2.05, 4.69) is 4.98 Å². The number of hydrogen-bond donors (Lipinski definition) is 1. The van der Waals surface area contributed by atoms with E-state index in [1.54, 1.807) is 6.20 Å². The summed E-state index contributed by atoms with van der Waals surface area (Å²) in [5, 5.41) is 0. The van der Waals surface area contributed by atoms with E-state index >= 15 is 0 Å². The highest BCUT2D eigenvalue weighted by atomic mass is 16.7. The van der Waals surface area contributed by atoms with E-state index in [-0.39, 0.29) is 18.3 Å². The Morgan fingerprint density at radius 2 is 1.79 bits per heavy atom. The highest BCUT2D eigenvalue weighted by molar-refractivity contribution is 6.52. The number of nitrogens with zero attached hydrogens (tertiary/aromatic N) is 1. The molecule has 102 valence electrons. The molecule has 1 aromatic rings. The first-order valence-corrected chi connectivity index (χ1v) is 6.47. The normalized spacial score (nSPS) is 21.2. The maximum Gasteiger partial charge on any atom is 0.487 e. The monoisotopic (exact) mass is 260 g/mol. The van der Waals surface area contributed by atoms with Crippen molar-refractivity contribution in [3.63, 3.8) is 0 Å². The van der Waals surface area contributed by atoms with Crippen molar-refractivity contribution in [2.24, 2.45) is 0 Å². The lowest BCUT2D eigenvalue weighted by atomic mass is 9.89. The van der Waals surface area contributed by atoms with Crippen LogP contribution in [0.3, 0.4) is 0 Å². The minimum atomic E-state index is -0.340. The quantitative estimate of drug-likeness (QED) is 0.830. The molecule has 0 aliphatic carbocycles. The molecule has 4 nitrogen and oxygen atoms in total. The van der Waals surface area contributed by atoms with Gasteiger partial charge in [-0.05, 0) is 46.2 Å². The number of nitrogen functional groups attached to an aromatic ring is 1. The van der Waals surface area contributed by atoms with Gasteiger partial charge in [-0.1, -0.05) is 12.1 Å². The molecular weight excluding hydrogens is 239 g/mol. The number of rotatable bonds is 2. The van der Waals surface area contributed by atoms with Crippen molar-refractivity contribution in [1.29, 1.82) is 0 Å². The predicted molar refractivity (Wildman–Crippen MR) is 78.5 cm³/mol. The molecule has 2 heterocycles. The highest BCUT2D eigenvalue weighted by Gasteiger charge is 2.49. The summed E-state index contributed by atoms with van der Waals surface area (Å²) in [6.45, 7) is 10.0. The van der Waals surface area contributed by atoms with Gasteiger partial charge in [-0.3, -0.25) is 4.98 Å². The fraction of sp³-hybridized carbons (Fsp3) is 0.500. The minimum absolute atomic E-state index is 0.313. The average Bonchev–Trinajstić information content (AvgIpc) is 2.49. The fourth-order valence-electron chi connectivity index (χ4n) is 1.82. The molecule has 0 unspecified atom stereocenters. The Morgan fingerprint density at radius 1 is 1.21 bits per heavy atom. The molecule has 1 aliphatic rings. The third-order valence-electron chi connectivity index (χ3n) is 3.86. The van der Waals surface area contributed by atoms with Crippen LogP contribution < -0.4 is 5.73 Å². The topological polar surface area (TPSA) is 57.4 Å². The smallest absolute Gasteiger partial charge is 0.400 e. The van der Waals surface area contributed by atoms with Gasteiger partial charge in [0.2, 0.25) is 0 Å². The summed E-state index contributed by atoms with van der Waals surface area (Å²) >= 11 is 0. The first kappa shape index (κ1) is 14.1. The SMILES string of the molecule is Cc1ncc(/C=C/B2OC(C)(C)C(C)(C)O2)cc1N. The van der Waals surface area contributed by atoms with Crippen LogP contribution in [-0.4, -0.2) is 23.3 Å². The molecule has 1 aromatic heterocycles. The van der Waals surface area contributed by atoms with Crippen LogP contribution in [-0.2, 0) is 9.31 Å². The molecule has 0 spiro atoms. The van der Waals surface area contributed by atoms with Crippen LogP contribution in [0.15, 0.2) is 18.2 Å². The summed E-state index contributed by atoms with van der Waals surface area (Å²) in [4.78, 5) is 4.22. The molecule has 0 atom stereocenters. The molecule has 2 rings (SSSR count). The lowest BCUT2D eigenvalue weighted by Crippen LogP contribution is -2.41. The maximum absolute atomic E-state index is 5.88. The van der Waals surface area contributed by atoms with Crippen molar-refractivity contribution in [3.05, 3.63) is 29.5 Å². The van der Waals surface area contributed by atoms with E-state index in [4.69, 9.17) is 15.0 Å². The number of pyridine rings is 1. The van der Waals surface area contributed by atoms with Crippen molar-refractivity contribution < 1.29 is 9.31 Å². The second kappa shape index (κ2) is 4.65. The second-order valence-electron chi connectivity index (χ2n) is 5.93. The summed E-state index contributed by atoms with van der Waals surface area (Å²) in [5.74, 6) is 1.89. The summed E-state index contributed by atoms with van der Waals surface area (Å²) in [5.41, 5.74) is 7.68. The van der Waals surface area contributed by atoms with Gasteiger partial charge < -0.3 is 15.0 Å². The van der Waals surface area contributed by atoms with Crippen molar-refractivity contribution >= 4 is 18.9 Å². The molecule has 19 heavy (non-hydrogen) atoms. The largest absolute Gasteiger partial charge is 0.487 e. The van der Waals surface area contributed by atoms with E-state index in [0.717, 1.165) is 11.3 Å². The molecule has 0 saturated carbocycles. The van der Waals surface area contributed by atoms with Crippen LogP contribution in [0.25, 0.3) is 6.08 Å². The van der Waals surface area contributed by atoms with Crippen molar-refractivity contribution in [2.45, 2.75) is 45.8 Å². The zero-order valence-electron chi connectivity index (χ0n) is 12.2. The lowest BCUT2D eigenvalue weighted by molar-refractivity contribution is 0.00578. The van der Waals surface area contributed by atoms with Crippen LogP contribution >= 0.6 is 0 Å². The van der Waals surface area contributed by atoms with E-state index < -0.39 is 0 Å². The first-order chi connectivity index (χ1) is 8.71. The molecule has 0 bridgehead atoms. The van der Waals surface area contributed by atoms with Crippen LogP contribution in [0, 0.1) is 6.92 Å². The maximum atomic E-state index is 5.88. The predicted octanol–water partition coefficient (Wildman–Crippen LogP) is 2.62. The molecule has 5 heteroatoms. The van der Waals surface area contributed by atoms with Gasteiger partial charge in [0, 0.05) is 6.20 Å². The number of hydrogen-bond acceptors (Lipinski definition) is 4. The van der Waals surface area contributed by atoms with Gasteiger partial charge in [-0.25, -0.2) is 0 Å². The van der Waals surface area contributed by atoms with Crippen molar-refractivity contribution in [2.75, 3.05) is 5.73 Å². The molecule has 1 saturated heterocycles. The van der Waals surface area contributed by atoms with Gasteiger partial charge in [0.15, 0.2) is 0 Å². The summed E-state index contributed by atoms with van der Waals surface area (Å²) in [6.07, 6.45) is 3.71. The molecular formula is C14H21BN2O2. The van der Waals surface area contributed by atoms with Gasteiger partial charge in [0.1, 0.15) is 0 Å². The highest BCUT2D eigenvalue weighted by Crippen LogP contribution is 2.37. The third-order valence-corrected chi connectivity index (χ3v) is 3.86. The Morgan fingerprint density at radius 3 is 2.32 bits per heavy atom. The lowest BCUT2D eigenvalue weighted by Gasteiger charge is -2.32. The van der Waals surface area contributed by atoms with E-state index in [9.17, 15) is 0 Å². The zero-order chi connectivity index (χ0) is 14.3. The number of anilines is 1. The minimum Gasteiger partial charge on any atom is -0.400 e. The zero-order valence-corrected chi connectivity index (χ0v) is 12.2. The van der Waals surface area contributed by atoms with Gasteiger partial charge >= 0.3 is 7.12 Å². The van der Waals surface area contributed by atoms with E-state index in [0.29, 0.717) is 5.69 Å². The van der Waals surface area contributed by atoms with Crippen molar-refractivity contribution in [1.82, 2.24) is 4.98 Å². The molecule has 0 amide bonds. The Labute approximate surface area is 115 Å². The van der Waals surface area contributed by atoms with Crippen molar-refractivity contribution in [3.8, 4) is 0 Å². The summed E-state index contributed by atoms with van der Waals surface area (Å²) in [6, 6.07) is 1.89. The van der Waals surface area contributed by atoms with Crippen LogP contribution in [0.1, 0.15) is 39.0 Å². The van der Waals surface area contributed by atoms with E-state index in [1.807, 2.05) is 52.7 Å². The Bertz CT molecular complexity index is 496. The fourth-order valence-corrected chi connectivity index (χ4v) is 1.82. The number of aromatic nitrogens is 1. The Balaban J connectivity index is 2.10. The second-order valence-corrected chi connectivity index (χ2v) is 5.93. The van der Waals surface area contributed by atoms with Gasteiger partial charge in [0.05, 0.1) is 22.6 Å². The average molecular weight is 260 g/mol.